The normalized spacial score (nSPS) is 12.3. The molecule has 0 fully saturated rings. The number of ether oxygens (including phenoxy) is 1. The maximum absolute atomic E-state index is 13.1. The Labute approximate surface area is 166 Å². The van der Waals surface area contributed by atoms with E-state index in [4.69, 9.17) is 4.74 Å². The summed E-state index contributed by atoms with van der Waals surface area (Å²) in [5.41, 5.74) is 3.07. The summed E-state index contributed by atoms with van der Waals surface area (Å²) in [5, 5.41) is 7.60. The van der Waals surface area contributed by atoms with Crippen molar-refractivity contribution in [3.63, 3.8) is 0 Å². The van der Waals surface area contributed by atoms with E-state index in [0.717, 1.165) is 17.0 Å². The van der Waals surface area contributed by atoms with Crippen LogP contribution >= 0.6 is 0 Å². The molecule has 0 radical (unpaired) electrons. The second kappa shape index (κ2) is 7.05. The highest BCUT2D eigenvalue weighted by Gasteiger charge is 2.19. The summed E-state index contributed by atoms with van der Waals surface area (Å²) in [6.07, 6.45) is 1.43. The third-order valence-electron chi connectivity index (χ3n) is 4.94. The Bertz CT molecular complexity index is 1290. The van der Waals surface area contributed by atoms with Crippen molar-refractivity contribution in [1.29, 1.82) is 0 Å². The van der Waals surface area contributed by atoms with Gasteiger partial charge in [0.05, 0.1) is 29.9 Å². The summed E-state index contributed by atoms with van der Waals surface area (Å²) in [6.45, 7) is 5.47. The van der Waals surface area contributed by atoms with Gasteiger partial charge >= 0.3 is 0 Å². The van der Waals surface area contributed by atoms with Crippen LogP contribution in [-0.4, -0.2) is 32.6 Å². The Hall–Kier alpha value is -3.68. The summed E-state index contributed by atoms with van der Waals surface area (Å²) in [4.78, 5) is 33.4. The highest BCUT2D eigenvalue weighted by molar-refractivity contribution is 5.97. The molecule has 29 heavy (non-hydrogen) atoms. The summed E-state index contributed by atoms with van der Waals surface area (Å²) >= 11 is 0. The number of aryl methyl sites for hydroxylation is 2. The molecule has 0 saturated heterocycles. The minimum absolute atomic E-state index is 0.0333. The lowest BCUT2D eigenvalue weighted by Gasteiger charge is -2.15. The van der Waals surface area contributed by atoms with E-state index >= 15 is 0 Å². The topological polar surface area (TPSA) is 101 Å². The van der Waals surface area contributed by atoms with Crippen LogP contribution in [0.4, 0.5) is 0 Å². The zero-order valence-corrected chi connectivity index (χ0v) is 16.6. The van der Waals surface area contributed by atoms with Crippen LogP contribution in [0, 0.1) is 13.8 Å². The van der Waals surface area contributed by atoms with Crippen molar-refractivity contribution in [2.75, 3.05) is 7.11 Å². The number of benzene rings is 1. The Morgan fingerprint density at radius 3 is 2.66 bits per heavy atom. The molecular formula is C21H21N5O3. The van der Waals surface area contributed by atoms with E-state index in [1.165, 1.54) is 6.20 Å². The van der Waals surface area contributed by atoms with Crippen LogP contribution in [0.25, 0.3) is 16.7 Å². The van der Waals surface area contributed by atoms with Crippen molar-refractivity contribution < 1.29 is 9.53 Å². The first kappa shape index (κ1) is 18.7. The highest BCUT2D eigenvalue weighted by atomic mass is 16.5. The van der Waals surface area contributed by atoms with E-state index < -0.39 is 5.91 Å². The van der Waals surface area contributed by atoms with Gasteiger partial charge in [0.15, 0.2) is 5.65 Å². The predicted octanol–water partition coefficient (Wildman–Crippen LogP) is 2.69. The van der Waals surface area contributed by atoms with Crippen LogP contribution in [0.3, 0.4) is 0 Å². The molecule has 1 unspecified atom stereocenters. The van der Waals surface area contributed by atoms with Crippen molar-refractivity contribution in [3.8, 4) is 5.75 Å². The lowest BCUT2D eigenvalue weighted by atomic mass is 10.1. The van der Waals surface area contributed by atoms with Gasteiger partial charge in [0.2, 0.25) is 5.43 Å². The number of nitrogens with zero attached hydrogens (tertiary/aromatic N) is 3. The van der Waals surface area contributed by atoms with E-state index in [9.17, 15) is 9.59 Å². The molecule has 1 aromatic carbocycles. The number of pyridine rings is 1. The third kappa shape index (κ3) is 3.22. The second-order valence-electron chi connectivity index (χ2n) is 6.98. The number of H-pyrrole nitrogens is 1. The van der Waals surface area contributed by atoms with Crippen LogP contribution in [0.5, 0.6) is 5.75 Å². The molecule has 4 aromatic rings. The molecule has 3 aromatic heterocycles. The molecule has 0 bridgehead atoms. The first-order valence-corrected chi connectivity index (χ1v) is 9.22. The molecule has 3 heterocycles. The van der Waals surface area contributed by atoms with Gasteiger partial charge in [0.25, 0.3) is 5.91 Å². The van der Waals surface area contributed by atoms with Gasteiger partial charge in [0.1, 0.15) is 17.0 Å². The van der Waals surface area contributed by atoms with Crippen molar-refractivity contribution in [3.05, 3.63) is 69.3 Å². The standard InChI is InChI=1S/C21H21N5O3/c1-11-9-17-23-13(3)18-19(27)16(10-22-20(18)26(17)25-11)21(28)24-12(2)14-5-7-15(29-4)8-6-14/h5-10,12H,1-4H3,(H,22,27)(H,24,28). The minimum atomic E-state index is -0.451. The summed E-state index contributed by atoms with van der Waals surface area (Å²) < 4.78 is 6.74. The maximum atomic E-state index is 13.1. The van der Waals surface area contributed by atoms with E-state index in [1.54, 1.807) is 18.5 Å². The molecule has 8 heteroatoms. The van der Waals surface area contributed by atoms with Crippen LogP contribution in [0.15, 0.2) is 41.3 Å². The molecular weight excluding hydrogens is 370 g/mol. The van der Waals surface area contributed by atoms with E-state index in [-0.39, 0.29) is 17.0 Å². The molecule has 2 N–H and O–H groups in total. The van der Waals surface area contributed by atoms with Gasteiger partial charge in [-0.3, -0.25) is 9.59 Å². The number of rotatable bonds is 4. The van der Waals surface area contributed by atoms with Gasteiger partial charge in [-0.05, 0) is 38.5 Å². The molecule has 1 amide bonds. The SMILES string of the molecule is COc1ccc(C(C)NC(=O)c2c[nH]c3c(c(C)nc4cc(C)nn43)c2=O)cc1. The van der Waals surface area contributed by atoms with Gasteiger partial charge in [-0.1, -0.05) is 12.1 Å². The molecule has 8 nitrogen and oxygen atoms in total. The lowest BCUT2D eigenvalue weighted by molar-refractivity contribution is 0.0938. The summed E-state index contributed by atoms with van der Waals surface area (Å²) in [6, 6.07) is 8.96. The number of carbonyl (C=O) groups excluding carboxylic acids is 1. The van der Waals surface area contributed by atoms with Gasteiger partial charge in [0, 0.05) is 12.3 Å². The average Bonchev–Trinajstić information content (AvgIpc) is 3.08. The fraction of sp³-hybridized carbons (Fsp3) is 0.238. The van der Waals surface area contributed by atoms with E-state index in [1.807, 2.05) is 44.2 Å². The molecule has 0 saturated carbocycles. The number of fused-ring (bicyclic) bond motifs is 3. The summed E-state index contributed by atoms with van der Waals surface area (Å²) in [5.74, 6) is 0.286. The smallest absolute Gasteiger partial charge is 0.257 e. The van der Waals surface area contributed by atoms with Gasteiger partial charge in [-0.2, -0.15) is 9.61 Å². The number of carbonyl (C=O) groups is 1. The number of nitrogens with one attached hydrogen (secondary N) is 2. The quantitative estimate of drug-likeness (QED) is 0.557. The van der Waals surface area contributed by atoms with Crippen molar-refractivity contribution in [2.45, 2.75) is 26.8 Å². The maximum Gasteiger partial charge on any atom is 0.257 e. The molecule has 0 aliphatic rings. The van der Waals surface area contributed by atoms with Gasteiger partial charge in [-0.15, -0.1) is 0 Å². The van der Waals surface area contributed by atoms with Crippen molar-refractivity contribution >= 4 is 22.6 Å². The van der Waals surface area contributed by atoms with E-state index in [0.29, 0.717) is 22.4 Å². The molecule has 0 spiro atoms. The molecule has 4 rings (SSSR count). The zero-order valence-electron chi connectivity index (χ0n) is 16.6. The molecule has 148 valence electrons. The fourth-order valence-corrected chi connectivity index (χ4v) is 3.40. The number of aromatic amines is 1. The second-order valence-corrected chi connectivity index (χ2v) is 6.98. The number of amides is 1. The van der Waals surface area contributed by atoms with Crippen LogP contribution in [-0.2, 0) is 0 Å². The Morgan fingerprint density at radius 2 is 1.97 bits per heavy atom. The van der Waals surface area contributed by atoms with Crippen molar-refractivity contribution in [2.24, 2.45) is 0 Å². The molecule has 0 aliphatic heterocycles. The van der Waals surface area contributed by atoms with Crippen LogP contribution in [0.1, 0.15) is 40.3 Å². The largest absolute Gasteiger partial charge is 0.497 e. The van der Waals surface area contributed by atoms with Crippen molar-refractivity contribution in [1.82, 2.24) is 24.9 Å². The van der Waals surface area contributed by atoms with Gasteiger partial charge < -0.3 is 15.0 Å². The average molecular weight is 391 g/mol. The zero-order chi connectivity index (χ0) is 20.7. The first-order valence-electron chi connectivity index (χ1n) is 9.22. The van der Waals surface area contributed by atoms with Crippen LogP contribution < -0.4 is 15.5 Å². The van der Waals surface area contributed by atoms with E-state index in [2.05, 4.69) is 20.4 Å². The highest BCUT2D eigenvalue weighted by Crippen LogP contribution is 2.18. The Balaban J connectivity index is 1.70. The Kier molecular flexibility index (Phi) is 4.54. The summed E-state index contributed by atoms with van der Waals surface area (Å²) in [7, 11) is 1.60. The first-order chi connectivity index (χ1) is 13.9. The monoisotopic (exact) mass is 391 g/mol. The minimum Gasteiger partial charge on any atom is -0.497 e. The van der Waals surface area contributed by atoms with Gasteiger partial charge in [-0.25, -0.2) is 4.98 Å². The fourth-order valence-electron chi connectivity index (χ4n) is 3.40. The number of hydrogen-bond donors (Lipinski definition) is 2. The number of aromatic nitrogens is 4. The lowest BCUT2D eigenvalue weighted by Crippen LogP contribution is -2.31. The molecule has 0 aliphatic carbocycles. The molecule has 1 atom stereocenters. The number of methoxy groups -OCH3 is 1. The van der Waals surface area contributed by atoms with Crippen LogP contribution in [0.2, 0.25) is 0 Å². The number of hydrogen-bond acceptors (Lipinski definition) is 5. The Morgan fingerprint density at radius 1 is 1.24 bits per heavy atom. The predicted molar refractivity (Wildman–Crippen MR) is 109 cm³/mol. The third-order valence-corrected chi connectivity index (χ3v) is 4.94.